The van der Waals surface area contributed by atoms with E-state index in [4.69, 9.17) is 4.74 Å². The predicted octanol–water partition coefficient (Wildman–Crippen LogP) is 1.85. The summed E-state index contributed by atoms with van der Waals surface area (Å²) in [6.45, 7) is 2.53. The molecule has 2 N–H and O–H groups in total. The Morgan fingerprint density at radius 3 is 2.86 bits per heavy atom. The van der Waals surface area contributed by atoms with Gasteiger partial charge in [0.15, 0.2) is 0 Å². The van der Waals surface area contributed by atoms with E-state index in [1.807, 2.05) is 18.2 Å². The average Bonchev–Trinajstić information content (AvgIpc) is 2.53. The fraction of sp³-hybridized carbons (Fsp3) is 0.562. The molecule has 0 spiro atoms. The van der Waals surface area contributed by atoms with Crippen LogP contribution < -0.4 is 15.0 Å². The Morgan fingerprint density at radius 2 is 2.24 bits per heavy atom. The van der Waals surface area contributed by atoms with E-state index in [0.29, 0.717) is 5.75 Å². The minimum Gasteiger partial charge on any atom is -0.496 e. The normalized spacial score (nSPS) is 20.0. The highest BCUT2D eigenvalue weighted by Gasteiger charge is 2.31. The van der Waals surface area contributed by atoms with Gasteiger partial charge in [-0.1, -0.05) is 6.07 Å². The summed E-state index contributed by atoms with van der Waals surface area (Å²) in [6, 6.07) is 5.50. The molecule has 5 nitrogen and oxygen atoms in total. The van der Waals surface area contributed by atoms with E-state index < -0.39 is 6.10 Å². The molecular weight excluding hydrogens is 268 g/mol. The van der Waals surface area contributed by atoms with Gasteiger partial charge in [-0.25, -0.2) is 0 Å². The van der Waals surface area contributed by atoms with Crippen molar-refractivity contribution in [2.75, 3.05) is 25.6 Å². The van der Waals surface area contributed by atoms with Crippen LogP contribution >= 0.6 is 0 Å². The van der Waals surface area contributed by atoms with Gasteiger partial charge in [0.1, 0.15) is 11.8 Å². The number of hydrogen-bond acceptors (Lipinski definition) is 4. The molecule has 2 unspecified atom stereocenters. The number of ether oxygens (including phenoxy) is 1. The number of nitrogens with zero attached hydrogens (tertiary/aromatic N) is 1. The SMILES string of the molecule is CNC(=O)C1CCCCN1c1cccc(OC)c1C(C)O. The van der Waals surface area contributed by atoms with Crippen LogP contribution in [0.5, 0.6) is 5.75 Å². The van der Waals surface area contributed by atoms with E-state index in [-0.39, 0.29) is 11.9 Å². The zero-order chi connectivity index (χ0) is 15.4. The van der Waals surface area contributed by atoms with Crippen LogP contribution in [0.3, 0.4) is 0 Å². The third kappa shape index (κ3) is 3.13. The first-order valence-electron chi connectivity index (χ1n) is 7.43. The van der Waals surface area contributed by atoms with Crippen LogP contribution in [-0.4, -0.2) is 37.8 Å². The summed E-state index contributed by atoms with van der Waals surface area (Å²) in [5, 5.41) is 12.9. The molecule has 1 amide bonds. The molecule has 1 aliphatic rings. The highest BCUT2D eigenvalue weighted by atomic mass is 16.5. The number of aliphatic hydroxyl groups is 1. The highest BCUT2D eigenvalue weighted by molar-refractivity contribution is 5.85. The standard InChI is InChI=1S/C16H24N2O3/c1-11(19)15-12(8-6-9-14(15)21-3)18-10-5-4-7-13(18)16(20)17-2/h6,8-9,11,13,19H,4-5,7,10H2,1-3H3,(H,17,20). The van der Waals surface area contributed by atoms with Gasteiger partial charge < -0.3 is 20.1 Å². The fourth-order valence-electron chi connectivity index (χ4n) is 3.04. The molecule has 116 valence electrons. The summed E-state index contributed by atoms with van der Waals surface area (Å²) in [5.41, 5.74) is 1.63. The van der Waals surface area contributed by atoms with E-state index in [0.717, 1.165) is 37.1 Å². The molecule has 1 aromatic carbocycles. The van der Waals surface area contributed by atoms with Crippen molar-refractivity contribution in [1.29, 1.82) is 0 Å². The van der Waals surface area contributed by atoms with Crippen molar-refractivity contribution in [3.8, 4) is 5.75 Å². The highest BCUT2D eigenvalue weighted by Crippen LogP contribution is 2.37. The first-order chi connectivity index (χ1) is 10.1. The molecule has 1 aromatic rings. The molecule has 1 saturated heterocycles. The van der Waals surface area contributed by atoms with Gasteiger partial charge in [-0.05, 0) is 38.3 Å². The Morgan fingerprint density at radius 1 is 1.48 bits per heavy atom. The summed E-state index contributed by atoms with van der Waals surface area (Å²) in [6.07, 6.45) is 2.27. The molecule has 0 saturated carbocycles. The maximum absolute atomic E-state index is 12.1. The van der Waals surface area contributed by atoms with E-state index in [9.17, 15) is 9.90 Å². The van der Waals surface area contributed by atoms with Crippen molar-refractivity contribution in [1.82, 2.24) is 5.32 Å². The van der Waals surface area contributed by atoms with E-state index in [2.05, 4.69) is 10.2 Å². The molecule has 5 heteroatoms. The topological polar surface area (TPSA) is 61.8 Å². The first kappa shape index (κ1) is 15.6. The summed E-state index contributed by atoms with van der Waals surface area (Å²) in [4.78, 5) is 14.2. The molecule has 21 heavy (non-hydrogen) atoms. The number of carbonyl (C=O) groups excluding carboxylic acids is 1. The molecule has 2 atom stereocenters. The van der Waals surface area contributed by atoms with E-state index in [1.54, 1.807) is 21.1 Å². The van der Waals surface area contributed by atoms with Gasteiger partial charge in [-0.3, -0.25) is 4.79 Å². The zero-order valence-corrected chi connectivity index (χ0v) is 12.9. The smallest absolute Gasteiger partial charge is 0.242 e. The Labute approximate surface area is 125 Å². The van der Waals surface area contributed by atoms with Crippen LogP contribution in [0.25, 0.3) is 0 Å². The van der Waals surface area contributed by atoms with E-state index >= 15 is 0 Å². The van der Waals surface area contributed by atoms with Gasteiger partial charge in [0.05, 0.1) is 13.2 Å². The number of anilines is 1. The summed E-state index contributed by atoms with van der Waals surface area (Å²) in [5.74, 6) is 0.679. The van der Waals surface area contributed by atoms with Crippen molar-refractivity contribution in [2.45, 2.75) is 38.3 Å². The molecule has 2 rings (SSSR count). The summed E-state index contributed by atoms with van der Waals surface area (Å²) >= 11 is 0. The number of carbonyl (C=O) groups is 1. The maximum atomic E-state index is 12.1. The number of rotatable bonds is 4. The number of methoxy groups -OCH3 is 1. The molecule has 0 bridgehead atoms. The Bertz CT molecular complexity index is 502. The van der Waals surface area contributed by atoms with Crippen molar-refractivity contribution in [2.24, 2.45) is 0 Å². The van der Waals surface area contributed by atoms with Gasteiger partial charge in [0, 0.05) is 24.8 Å². The summed E-state index contributed by atoms with van der Waals surface area (Å²) in [7, 11) is 3.26. The van der Waals surface area contributed by atoms with E-state index in [1.165, 1.54) is 0 Å². The molecular formula is C16H24N2O3. The van der Waals surface area contributed by atoms with Gasteiger partial charge in [-0.2, -0.15) is 0 Å². The first-order valence-corrected chi connectivity index (χ1v) is 7.43. The monoisotopic (exact) mass is 292 g/mol. The Hall–Kier alpha value is -1.75. The van der Waals surface area contributed by atoms with Crippen LogP contribution in [0.2, 0.25) is 0 Å². The van der Waals surface area contributed by atoms with Gasteiger partial charge in [0.25, 0.3) is 0 Å². The number of hydrogen-bond donors (Lipinski definition) is 2. The number of aliphatic hydroxyl groups excluding tert-OH is 1. The number of amides is 1. The van der Waals surface area contributed by atoms with Crippen LogP contribution in [0.4, 0.5) is 5.69 Å². The Kier molecular flexibility index (Phi) is 5.07. The molecule has 1 aliphatic heterocycles. The lowest BCUT2D eigenvalue weighted by Gasteiger charge is -2.38. The predicted molar refractivity (Wildman–Crippen MR) is 82.7 cm³/mol. The lowest BCUT2D eigenvalue weighted by Crippen LogP contribution is -2.49. The Balaban J connectivity index is 2.45. The minimum atomic E-state index is -0.650. The van der Waals surface area contributed by atoms with Crippen LogP contribution in [-0.2, 0) is 4.79 Å². The third-order valence-electron chi connectivity index (χ3n) is 4.04. The minimum absolute atomic E-state index is 0.0223. The lowest BCUT2D eigenvalue weighted by molar-refractivity contribution is -0.122. The van der Waals surface area contributed by atoms with Crippen molar-refractivity contribution < 1.29 is 14.6 Å². The zero-order valence-electron chi connectivity index (χ0n) is 12.9. The molecule has 0 radical (unpaired) electrons. The van der Waals surface area contributed by atoms with Gasteiger partial charge in [-0.15, -0.1) is 0 Å². The quantitative estimate of drug-likeness (QED) is 0.889. The maximum Gasteiger partial charge on any atom is 0.242 e. The molecule has 0 aliphatic carbocycles. The second-order valence-corrected chi connectivity index (χ2v) is 5.39. The average molecular weight is 292 g/mol. The number of piperidine rings is 1. The van der Waals surface area contributed by atoms with Gasteiger partial charge >= 0.3 is 0 Å². The van der Waals surface area contributed by atoms with Crippen molar-refractivity contribution in [3.05, 3.63) is 23.8 Å². The number of nitrogens with one attached hydrogen (secondary N) is 1. The fourth-order valence-corrected chi connectivity index (χ4v) is 3.04. The van der Waals surface area contributed by atoms with Crippen LogP contribution in [0, 0.1) is 0 Å². The number of likely N-dealkylation sites (N-methyl/N-ethyl adjacent to an activating group) is 1. The lowest BCUT2D eigenvalue weighted by atomic mass is 9.97. The van der Waals surface area contributed by atoms with Gasteiger partial charge in [0.2, 0.25) is 5.91 Å². The molecule has 1 heterocycles. The second-order valence-electron chi connectivity index (χ2n) is 5.39. The largest absolute Gasteiger partial charge is 0.496 e. The number of benzene rings is 1. The van der Waals surface area contributed by atoms with Crippen LogP contribution in [0.15, 0.2) is 18.2 Å². The third-order valence-corrected chi connectivity index (χ3v) is 4.04. The molecule has 1 fully saturated rings. The second kappa shape index (κ2) is 6.80. The molecule has 0 aromatic heterocycles. The van der Waals surface area contributed by atoms with Crippen molar-refractivity contribution >= 4 is 11.6 Å². The summed E-state index contributed by atoms with van der Waals surface area (Å²) < 4.78 is 5.37. The van der Waals surface area contributed by atoms with Crippen molar-refractivity contribution in [3.63, 3.8) is 0 Å². The van der Waals surface area contributed by atoms with Crippen LogP contribution in [0.1, 0.15) is 37.9 Å².